The summed E-state index contributed by atoms with van der Waals surface area (Å²) < 4.78 is 30.2. The van der Waals surface area contributed by atoms with Crippen molar-refractivity contribution < 1.29 is 81.5 Å². The summed E-state index contributed by atoms with van der Waals surface area (Å²) in [6.07, 6.45) is 12.6. The lowest BCUT2D eigenvalue weighted by Gasteiger charge is -2.37. The maximum atomic E-state index is 15.0. The molecule has 5 heterocycles. The van der Waals surface area contributed by atoms with Gasteiger partial charge in [0.05, 0.1) is 34.9 Å². The summed E-state index contributed by atoms with van der Waals surface area (Å²) in [6, 6.07) is 3.59. The number of urea groups is 1. The number of likely N-dealkylation sites (tertiary alicyclic amines) is 1. The zero-order chi connectivity index (χ0) is 71.5. The average Bonchev–Trinajstić information content (AvgIpc) is 1.51. The van der Waals surface area contributed by atoms with Crippen molar-refractivity contribution in [2.75, 3.05) is 38.6 Å². The first-order valence-corrected chi connectivity index (χ1v) is 33.4. The number of unbranched alkanes of at least 4 members (excludes halogenated alkanes) is 2. The van der Waals surface area contributed by atoms with Crippen molar-refractivity contribution in [3.8, 4) is 11.5 Å². The number of nitrogens with two attached hydrogens (primary N) is 1. The first kappa shape index (κ1) is 74.1. The Hall–Kier alpha value is -9.66. The maximum absolute atomic E-state index is 15.0. The zero-order valence-corrected chi connectivity index (χ0v) is 57.6. The fourth-order valence-corrected chi connectivity index (χ4v) is 13.2. The summed E-state index contributed by atoms with van der Waals surface area (Å²) >= 11 is 0. The number of anilines is 1. The second-order valence-corrected chi connectivity index (χ2v) is 26.8. The lowest BCUT2D eigenvalue weighted by atomic mass is 9.81. The third-order valence-electron chi connectivity index (χ3n) is 18.6. The molecule has 27 nitrogen and oxygen atoms in total. The summed E-state index contributed by atoms with van der Waals surface area (Å²) in [5, 5.41) is 29.1. The van der Waals surface area contributed by atoms with Crippen LogP contribution in [-0.4, -0.2) is 155 Å². The highest BCUT2D eigenvalue weighted by molar-refractivity contribution is 6.34. The van der Waals surface area contributed by atoms with Crippen molar-refractivity contribution in [3.63, 3.8) is 0 Å². The number of rotatable bonds is 20. The number of carbonyl (C=O) groups is 11. The van der Waals surface area contributed by atoms with E-state index in [4.69, 9.17) is 34.4 Å². The van der Waals surface area contributed by atoms with Gasteiger partial charge in [-0.3, -0.25) is 53.0 Å². The Balaban J connectivity index is 0.951. The number of phenols is 1. The molecule has 9 amide bonds. The third kappa shape index (κ3) is 17.5. The molecular formula is C71H92N10O17. The SMILES string of the molecule is CO[C@H]1/C=C/O[C@@]2(C)Oc3c(C)c(O)c4c(c3C2=O)C2=NC3(CCN(C(=O)OCc5ccc(NC(=O)[C@H](CCCNC(N)=O)NC(=O)[C@@H](NC(=O)CCCCCN6C(=O)C=CC6=O)C(C)C)cc5)CC3)NC2=C(NC(=O)/C(C)=C\C=C\[C@H](C)C[C@@H](C)C[C@@H](C)[C@H](OC(C)=O)[C@@H]1C)C4=O. The van der Waals surface area contributed by atoms with E-state index in [2.05, 4.69) is 45.7 Å². The zero-order valence-electron chi connectivity index (χ0n) is 57.6. The minimum absolute atomic E-state index is 0.0265. The number of esters is 1. The Morgan fingerprint density at radius 1 is 0.867 bits per heavy atom. The summed E-state index contributed by atoms with van der Waals surface area (Å²) in [5.41, 5.74) is 4.87. The first-order chi connectivity index (χ1) is 46.4. The maximum Gasteiger partial charge on any atom is 0.410 e. The molecule has 0 unspecified atom stereocenters. The number of nitrogens with zero attached hydrogens (tertiary/aromatic N) is 3. The van der Waals surface area contributed by atoms with Crippen LogP contribution in [0, 0.1) is 36.5 Å². The fourth-order valence-electron chi connectivity index (χ4n) is 13.2. The van der Waals surface area contributed by atoms with Gasteiger partial charge in [-0.2, -0.15) is 0 Å². The molecule has 2 aromatic carbocycles. The molecule has 5 bridgehead atoms. The number of amides is 9. The molecule has 528 valence electrons. The normalized spacial score (nSPS) is 24.8. The summed E-state index contributed by atoms with van der Waals surface area (Å²) in [6.45, 7) is 17.9. The number of aliphatic imine (C=N–C) groups is 1. The summed E-state index contributed by atoms with van der Waals surface area (Å²) in [5.74, 6) is -8.04. The van der Waals surface area contributed by atoms with Crippen LogP contribution in [0.4, 0.5) is 15.3 Å². The Morgan fingerprint density at radius 3 is 2.21 bits per heavy atom. The highest BCUT2D eigenvalue weighted by Crippen LogP contribution is 2.50. The van der Waals surface area contributed by atoms with Crippen molar-refractivity contribution in [2.45, 2.75) is 176 Å². The predicted molar refractivity (Wildman–Crippen MR) is 359 cm³/mol. The number of ketones is 2. The molecule has 9 N–H and O–H groups in total. The van der Waals surface area contributed by atoms with Crippen molar-refractivity contribution >= 4 is 76.5 Å². The van der Waals surface area contributed by atoms with E-state index in [1.54, 1.807) is 63.3 Å². The summed E-state index contributed by atoms with van der Waals surface area (Å²) in [7, 11) is 1.52. The van der Waals surface area contributed by atoms with Gasteiger partial charge in [0.2, 0.25) is 23.5 Å². The molecular weight excluding hydrogens is 1260 g/mol. The van der Waals surface area contributed by atoms with Crippen LogP contribution in [0.2, 0.25) is 0 Å². The number of primary amides is 1. The number of piperidine rings is 1. The standard InChI is InChI=1S/C71H92N10O17/c1-38(2)56(76-50(83)20-13-12-14-31-81-51(84)25-26-52(81)85)67(91)75-48(19-16-30-73-68(72)92)66(90)74-47-23-21-46(22-24-47)37-95-69(93)80-32-28-71(29-33-80)78-57-53-54-60(86)44(8)63-55(53)64(88)70(10,98-63)96-34-27-49(94-11)43(7)62(97-45(9)82)42(6)36-40(4)35-39(3)17-15-18-41(5)65(89)77-59(61(54)87)58(57)79-71/h15,17-18,21-27,34,38-40,42-43,48-49,56,62,79,86H,12-14,16,19-20,28-33,35-37H2,1-11H3,(H,74,90)(H,75,91)(H,76,83)(H,77,89)(H3,72,73,92)/b17-15+,34-27+,41-18-/t39-,40+,42+,43+,48-,49-,56-,62-,70-/m0/s1. The lowest BCUT2D eigenvalue weighted by Crippen LogP contribution is -2.54. The molecule has 8 rings (SSSR count). The van der Waals surface area contributed by atoms with Gasteiger partial charge in [-0.15, -0.1) is 0 Å². The number of nitrogens with one attached hydrogen (secondary N) is 6. The second kappa shape index (κ2) is 32.1. The number of carbonyl (C=O) groups excluding carboxylic acids is 11. The average molecular weight is 1360 g/mol. The molecule has 1 fully saturated rings. The van der Waals surface area contributed by atoms with Gasteiger partial charge in [0.25, 0.3) is 23.5 Å². The van der Waals surface area contributed by atoms with Gasteiger partial charge < -0.3 is 71.3 Å². The van der Waals surface area contributed by atoms with Crippen LogP contribution in [-0.2, 0) is 59.1 Å². The van der Waals surface area contributed by atoms with E-state index in [-0.39, 0.29) is 157 Å². The monoisotopic (exact) mass is 1360 g/mol. The molecule has 6 aliphatic rings. The topological polar surface area (TPSA) is 371 Å². The number of fused-ring (bicyclic) bond motifs is 3. The van der Waals surface area contributed by atoms with Crippen molar-refractivity contribution in [1.29, 1.82) is 0 Å². The highest BCUT2D eigenvalue weighted by Gasteiger charge is 2.55. The molecule has 98 heavy (non-hydrogen) atoms. The number of aromatic hydroxyl groups is 1. The third-order valence-corrected chi connectivity index (χ3v) is 18.6. The molecule has 9 atom stereocenters. The second-order valence-electron chi connectivity index (χ2n) is 26.8. The molecule has 27 heteroatoms. The van der Waals surface area contributed by atoms with Crippen LogP contribution in [0.25, 0.3) is 0 Å². The van der Waals surface area contributed by atoms with Gasteiger partial charge in [-0.05, 0) is 99.8 Å². The van der Waals surface area contributed by atoms with Gasteiger partial charge in [0, 0.05) is 107 Å². The molecule has 0 radical (unpaired) electrons. The van der Waals surface area contributed by atoms with E-state index >= 15 is 9.59 Å². The number of phenolic OH excluding ortho intramolecular Hbond substituents is 1. The molecule has 2 aromatic rings. The smallest absolute Gasteiger partial charge is 0.410 e. The van der Waals surface area contributed by atoms with Gasteiger partial charge in [-0.1, -0.05) is 78.3 Å². The Bertz CT molecular complexity index is 3640. The minimum atomic E-state index is -2.04. The van der Waals surface area contributed by atoms with E-state index in [0.29, 0.717) is 30.5 Å². The summed E-state index contributed by atoms with van der Waals surface area (Å²) in [4.78, 5) is 154. The van der Waals surface area contributed by atoms with Gasteiger partial charge in [-0.25, -0.2) is 9.59 Å². The Kier molecular flexibility index (Phi) is 24.3. The van der Waals surface area contributed by atoms with Crippen LogP contribution in [0.3, 0.4) is 0 Å². The van der Waals surface area contributed by atoms with E-state index in [1.807, 2.05) is 19.9 Å². The Morgan fingerprint density at radius 2 is 1.56 bits per heavy atom. The molecule has 1 aliphatic carbocycles. The Labute approximate surface area is 570 Å². The quantitative estimate of drug-likeness (QED) is 0.0381. The molecule has 0 saturated carbocycles. The van der Waals surface area contributed by atoms with Crippen molar-refractivity contribution in [1.82, 2.24) is 36.4 Å². The van der Waals surface area contributed by atoms with Gasteiger partial charge in [0.15, 0.2) is 0 Å². The number of hydrogen-bond acceptors (Lipinski definition) is 19. The minimum Gasteiger partial charge on any atom is -0.507 e. The van der Waals surface area contributed by atoms with Crippen LogP contribution in [0.5, 0.6) is 11.5 Å². The number of benzene rings is 2. The fraction of sp³-hybridized carbons (Fsp3) is 0.521. The molecule has 1 spiro atoms. The lowest BCUT2D eigenvalue weighted by molar-refractivity contribution is -0.155. The highest BCUT2D eigenvalue weighted by atomic mass is 16.7. The van der Waals surface area contributed by atoms with Crippen molar-refractivity contribution in [3.05, 3.63) is 112 Å². The predicted octanol–water partition coefficient (Wildman–Crippen LogP) is 6.85. The van der Waals surface area contributed by atoms with E-state index in [1.165, 1.54) is 51.2 Å². The van der Waals surface area contributed by atoms with E-state index < -0.39 is 94.8 Å². The van der Waals surface area contributed by atoms with Crippen LogP contribution >= 0.6 is 0 Å². The number of Topliss-reactive ketones (excluding diaryl/α,β-unsaturated/α-hetero) is 2. The first-order valence-electron chi connectivity index (χ1n) is 33.4. The molecule has 1 saturated heterocycles. The van der Waals surface area contributed by atoms with Gasteiger partial charge in [0.1, 0.15) is 47.7 Å². The largest absolute Gasteiger partial charge is 0.507 e. The number of methoxy groups -OCH3 is 1. The van der Waals surface area contributed by atoms with E-state index in [0.717, 1.165) is 17.7 Å². The van der Waals surface area contributed by atoms with Gasteiger partial charge >= 0.3 is 23.9 Å². The van der Waals surface area contributed by atoms with Crippen LogP contribution in [0.15, 0.2) is 88.9 Å². The molecule has 0 aromatic heterocycles. The molecule has 5 aliphatic heterocycles. The number of hydrogen-bond donors (Lipinski definition) is 8. The van der Waals surface area contributed by atoms with E-state index in [9.17, 15) is 48.3 Å². The van der Waals surface area contributed by atoms with Crippen LogP contribution < -0.4 is 42.4 Å². The van der Waals surface area contributed by atoms with Crippen LogP contribution in [0.1, 0.15) is 164 Å². The number of ether oxygens (including phenoxy) is 5. The number of imide groups is 1. The number of allylic oxidation sites excluding steroid dienone is 5. The van der Waals surface area contributed by atoms with Crippen molar-refractivity contribution in [2.24, 2.45) is 40.3 Å².